The van der Waals surface area contributed by atoms with E-state index in [0.717, 1.165) is 32.2 Å². The molecule has 3 rings (SSSR count). The molecule has 126 valence electrons. The van der Waals surface area contributed by atoms with Gasteiger partial charge in [-0.1, -0.05) is 12.8 Å². The molecule has 1 aromatic carbocycles. The minimum absolute atomic E-state index is 0.00257. The molecule has 6 nitrogen and oxygen atoms in total. The van der Waals surface area contributed by atoms with Crippen LogP contribution in [-0.2, 0) is 9.84 Å². The lowest BCUT2D eigenvalue weighted by Crippen LogP contribution is -2.39. The summed E-state index contributed by atoms with van der Waals surface area (Å²) < 4.78 is 23.3. The number of nitro benzene ring substituents is 1. The van der Waals surface area contributed by atoms with Crippen LogP contribution in [0.25, 0.3) is 0 Å². The van der Waals surface area contributed by atoms with E-state index in [1.54, 1.807) is 6.07 Å². The first-order chi connectivity index (χ1) is 10.8. The van der Waals surface area contributed by atoms with E-state index in [0.29, 0.717) is 11.1 Å². The van der Waals surface area contributed by atoms with Gasteiger partial charge in [-0.2, -0.15) is 0 Å². The molecule has 1 aromatic rings. The van der Waals surface area contributed by atoms with Crippen molar-refractivity contribution >= 4 is 21.2 Å². The Morgan fingerprint density at radius 1 is 1.13 bits per heavy atom. The predicted octanol–water partition coefficient (Wildman–Crippen LogP) is 3.16. The fraction of sp³-hybridized carbons (Fsp3) is 0.625. The number of nitro groups is 1. The van der Waals surface area contributed by atoms with Crippen molar-refractivity contribution < 1.29 is 13.3 Å². The predicted molar refractivity (Wildman–Crippen MR) is 88.6 cm³/mol. The van der Waals surface area contributed by atoms with Gasteiger partial charge >= 0.3 is 0 Å². The van der Waals surface area contributed by atoms with Gasteiger partial charge in [-0.3, -0.25) is 10.1 Å². The molecule has 1 aliphatic heterocycles. The molecule has 0 bridgehead atoms. The van der Waals surface area contributed by atoms with Gasteiger partial charge in [-0.25, -0.2) is 8.42 Å². The SMILES string of the molecule is CS(=O)(=O)c1ccc(N2CCC3(CCCC3)CC2)c([N+](=O)[O-])c1. The molecule has 7 heteroatoms. The summed E-state index contributed by atoms with van der Waals surface area (Å²) in [6.45, 7) is 1.61. The van der Waals surface area contributed by atoms with Crippen LogP contribution in [0.3, 0.4) is 0 Å². The summed E-state index contributed by atoms with van der Waals surface area (Å²) in [5, 5.41) is 11.4. The summed E-state index contributed by atoms with van der Waals surface area (Å²) in [7, 11) is -3.45. The number of rotatable bonds is 3. The van der Waals surface area contributed by atoms with Gasteiger partial charge in [0.1, 0.15) is 5.69 Å². The van der Waals surface area contributed by atoms with Crippen molar-refractivity contribution in [1.82, 2.24) is 0 Å². The van der Waals surface area contributed by atoms with Crippen LogP contribution in [-0.4, -0.2) is 32.7 Å². The Kier molecular flexibility index (Phi) is 4.08. The van der Waals surface area contributed by atoms with Crippen LogP contribution in [0.2, 0.25) is 0 Å². The van der Waals surface area contributed by atoms with Crippen molar-refractivity contribution in [2.45, 2.75) is 43.4 Å². The van der Waals surface area contributed by atoms with Crippen LogP contribution in [0, 0.1) is 15.5 Å². The molecule has 0 radical (unpaired) electrons. The normalized spacial score (nSPS) is 20.8. The van der Waals surface area contributed by atoms with E-state index in [1.165, 1.54) is 37.8 Å². The molecule has 1 saturated carbocycles. The Morgan fingerprint density at radius 3 is 2.26 bits per heavy atom. The summed E-state index contributed by atoms with van der Waals surface area (Å²) in [6.07, 6.45) is 8.34. The van der Waals surface area contributed by atoms with E-state index in [-0.39, 0.29) is 10.6 Å². The molecule has 2 fully saturated rings. The van der Waals surface area contributed by atoms with Gasteiger partial charge in [0.2, 0.25) is 0 Å². The largest absolute Gasteiger partial charge is 0.366 e. The molecule has 1 saturated heterocycles. The van der Waals surface area contributed by atoms with Gasteiger partial charge < -0.3 is 4.90 Å². The van der Waals surface area contributed by atoms with E-state index in [4.69, 9.17) is 0 Å². The summed E-state index contributed by atoms with van der Waals surface area (Å²) in [5.74, 6) is 0. The maximum absolute atomic E-state index is 11.6. The number of sulfone groups is 1. The molecular weight excluding hydrogens is 316 g/mol. The van der Waals surface area contributed by atoms with Crippen molar-refractivity contribution in [2.75, 3.05) is 24.2 Å². The zero-order valence-corrected chi connectivity index (χ0v) is 14.1. The van der Waals surface area contributed by atoms with Crippen molar-refractivity contribution in [2.24, 2.45) is 5.41 Å². The average molecular weight is 338 g/mol. The summed E-state index contributed by atoms with van der Waals surface area (Å²) >= 11 is 0. The second-order valence-corrected chi connectivity index (χ2v) is 8.89. The smallest absolute Gasteiger partial charge is 0.293 e. The van der Waals surface area contributed by atoms with E-state index >= 15 is 0 Å². The quantitative estimate of drug-likeness (QED) is 0.624. The highest BCUT2D eigenvalue weighted by Crippen LogP contribution is 2.47. The Morgan fingerprint density at radius 2 is 1.74 bits per heavy atom. The molecule has 1 spiro atoms. The van der Waals surface area contributed by atoms with Gasteiger partial charge in [-0.15, -0.1) is 0 Å². The van der Waals surface area contributed by atoms with Crippen molar-refractivity contribution in [1.29, 1.82) is 0 Å². The minimum atomic E-state index is -3.45. The van der Waals surface area contributed by atoms with Gasteiger partial charge in [0, 0.05) is 25.4 Å². The fourth-order valence-corrected chi connectivity index (χ4v) is 4.64. The Balaban J connectivity index is 1.87. The lowest BCUT2D eigenvalue weighted by atomic mass is 9.77. The van der Waals surface area contributed by atoms with Gasteiger partial charge in [0.15, 0.2) is 9.84 Å². The van der Waals surface area contributed by atoms with E-state index in [9.17, 15) is 18.5 Å². The molecule has 0 atom stereocenters. The Labute approximate surface area is 136 Å². The Hall–Kier alpha value is -1.63. The second kappa shape index (κ2) is 5.78. The maximum Gasteiger partial charge on any atom is 0.293 e. The first-order valence-electron chi connectivity index (χ1n) is 8.04. The fourth-order valence-electron chi connectivity index (χ4n) is 3.99. The highest BCUT2D eigenvalue weighted by Gasteiger charge is 2.38. The summed E-state index contributed by atoms with van der Waals surface area (Å²) in [5.41, 5.74) is 0.864. The highest BCUT2D eigenvalue weighted by atomic mass is 32.2. The summed E-state index contributed by atoms with van der Waals surface area (Å²) in [4.78, 5) is 12.9. The first-order valence-corrected chi connectivity index (χ1v) is 9.93. The monoisotopic (exact) mass is 338 g/mol. The van der Waals surface area contributed by atoms with Crippen LogP contribution in [0.4, 0.5) is 11.4 Å². The van der Waals surface area contributed by atoms with E-state index in [2.05, 4.69) is 0 Å². The van der Waals surface area contributed by atoms with Crippen LogP contribution in [0.15, 0.2) is 23.1 Å². The lowest BCUT2D eigenvalue weighted by Gasteiger charge is -2.40. The molecule has 1 aliphatic carbocycles. The number of piperidine rings is 1. The third kappa shape index (κ3) is 3.20. The van der Waals surface area contributed by atoms with Crippen LogP contribution in [0.1, 0.15) is 38.5 Å². The topological polar surface area (TPSA) is 80.5 Å². The van der Waals surface area contributed by atoms with Crippen molar-refractivity contribution in [3.05, 3.63) is 28.3 Å². The number of nitrogens with zero attached hydrogens (tertiary/aromatic N) is 2. The van der Waals surface area contributed by atoms with Crippen LogP contribution < -0.4 is 4.90 Å². The molecule has 0 unspecified atom stereocenters. The van der Waals surface area contributed by atoms with Crippen molar-refractivity contribution in [3.63, 3.8) is 0 Å². The van der Waals surface area contributed by atoms with E-state index in [1.807, 2.05) is 4.90 Å². The molecule has 0 amide bonds. The maximum atomic E-state index is 11.6. The van der Waals surface area contributed by atoms with Crippen molar-refractivity contribution in [3.8, 4) is 0 Å². The third-order valence-corrected chi connectivity index (χ3v) is 6.51. The molecule has 0 N–H and O–H groups in total. The molecule has 0 aromatic heterocycles. The number of hydrogen-bond acceptors (Lipinski definition) is 5. The number of anilines is 1. The Bertz CT molecular complexity index is 714. The second-order valence-electron chi connectivity index (χ2n) is 6.87. The average Bonchev–Trinajstić information content (AvgIpc) is 2.95. The van der Waals surface area contributed by atoms with E-state index < -0.39 is 14.8 Å². The van der Waals surface area contributed by atoms with Gasteiger partial charge in [-0.05, 0) is 43.2 Å². The summed E-state index contributed by atoms with van der Waals surface area (Å²) in [6, 6.07) is 4.24. The first kappa shape index (κ1) is 16.2. The number of hydrogen-bond donors (Lipinski definition) is 0. The minimum Gasteiger partial charge on any atom is -0.366 e. The van der Waals surface area contributed by atoms with Crippen LogP contribution >= 0.6 is 0 Å². The third-order valence-electron chi connectivity index (χ3n) is 5.40. The molecule has 23 heavy (non-hydrogen) atoms. The van der Waals surface area contributed by atoms with Gasteiger partial charge in [0.25, 0.3) is 5.69 Å². The van der Waals surface area contributed by atoms with Gasteiger partial charge in [0.05, 0.1) is 9.82 Å². The standard InChI is InChI=1S/C16H22N2O4S/c1-23(21,22)13-4-5-14(15(12-13)18(19)20)17-10-8-16(9-11-17)6-2-3-7-16/h4-5,12H,2-3,6-11H2,1H3. The molecule has 2 aliphatic rings. The zero-order valence-electron chi connectivity index (χ0n) is 13.3. The lowest BCUT2D eigenvalue weighted by molar-refractivity contribution is -0.384. The number of benzene rings is 1. The molecule has 1 heterocycles. The van der Waals surface area contributed by atoms with Crippen LogP contribution in [0.5, 0.6) is 0 Å². The highest BCUT2D eigenvalue weighted by molar-refractivity contribution is 7.90. The molecular formula is C16H22N2O4S. The zero-order chi connectivity index (χ0) is 16.7.